The van der Waals surface area contributed by atoms with Crippen molar-refractivity contribution in [3.63, 3.8) is 0 Å². The van der Waals surface area contributed by atoms with Crippen LogP contribution in [-0.4, -0.2) is 6.79 Å². The lowest BCUT2D eigenvalue weighted by Gasteiger charge is -2.13. The molecule has 1 atom stereocenters. The summed E-state index contributed by atoms with van der Waals surface area (Å²) in [6, 6.07) is 5.73. The lowest BCUT2D eigenvalue weighted by molar-refractivity contribution is 0.174. The summed E-state index contributed by atoms with van der Waals surface area (Å²) in [6.07, 6.45) is 0. The number of fused-ring (bicyclic) bond motifs is 1. The van der Waals surface area contributed by atoms with Gasteiger partial charge in [0.15, 0.2) is 11.5 Å². The number of hydrogen-bond donors (Lipinski definition) is 1. The molecule has 0 fully saturated rings. The molecular formula is C12H11BrClNO2S. The molecule has 2 aromatic rings. The molecule has 0 saturated heterocycles. The zero-order chi connectivity index (χ0) is 11.8. The molecule has 3 rings (SSSR count). The summed E-state index contributed by atoms with van der Waals surface area (Å²) in [5.74, 6) is 1.52. The average molecular weight is 349 g/mol. The van der Waals surface area contributed by atoms with E-state index >= 15 is 0 Å². The van der Waals surface area contributed by atoms with Crippen molar-refractivity contribution in [2.45, 2.75) is 6.04 Å². The van der Waals surface area contributed by atoms with Crippen LogP contribution < -0.4 is 15.2 Å². The highest BCUT2D eigenvalue weighted by Gasteiger charge is 2.20. The molecule has 0 aliphatic carbocycles. The summed E-state index contributed by atoms with van der Waals surface area (Å²) in [5.41, 5.74) is 8.35. The van der Waals surface area contributed by atoms with Gasteiger partial charge < -0.3 is 15.2 Å². The quantitative estimate of drug-likeness (QED) is 0.900. The van der Waals surface area contributed by atoms with E-state index in [1.54, 1.807) is 11.3 Å². The van der Waals surface area contributed by atoms with Gasteiger partial charge in [0.2, 0.25) is 6.79 Å². The van der Waals surface area contributed by atoms with Crippen LogP contribution in [0.5, 0.6) is 11.5 Å². The number of halogens is 2. The molecule has 0 amide bonds. The molecule has 1 aromatic heterocycles. The van der Waals surface area contributed by atoms with Crippen molar-refractivity contribution in [2.24, 2.45) is 5.73 Å². The van der Waals surface area contributed by atoms with E-state index < -0.39 is 0 Å². The molecule has 1 aromatic carbocycles. The topological polar surface area (TPSA) is 44.5 Å². The maximum absolute atomic E-state index is 6.24. The molecule has 1 aliphatic heterocycles. The fourth-order valence-electron chi connectivity index (χ4n) is 1.80. The van der Waals surface area contributed by atoms with Crippen LogP contribution in [0.15, 0.2) is 33.4 Å². The molecule has 0 bridgehead atoms. The van der Waals surface area contributed by atoms with Crippen LogP contribution in [-0.2, 0) is 0 Å². The Kier molecular flexibility index (Phi) is 4.17. The molecular weight excluding hydrogens is 338 g/mol. The third kappa shape index (κ3) is 2.36. The summed E-state index contributed by atoms with van der Waals surface area (Å²) in [7, 11) is 0. The normalized spacial score (nSPS) is 14.1. The number of ether oxygens (including phenoxy) is 2. The van der Waals surface area contributed by atoms with Crippen LogP contribution in [0.1, 0.15) is 17.2 Å². The second-order valence-electron chi connectivity index (χ2n) is 3.76. The van der Waals surface area contributed by atoms with E-state index in [0.29, 0.717) is 0 Å². The molecule has 6 heteroatoms. The van der Waals surface area contributed by atoms with Crippen molar-refractivity contribution in [2.75, 3.05) is 6.79 Å². The van der Waals surface area contributed by atoms with E-state index in [9.17, 15) is 0 Å². The zero-order valence-corrected chi connectivity index (χ0v) is 12.5. The van der Waals surface area contributed by atoms with Gasteiger partial charge >= 0.3 is 0 Å². The molecule has 18 heavy (non-hydrogen) atoms. The van der Waals surface area contributed by atoms with Gasteiger partial charge in [0.05, 0.1) is 6.04 Å². The van der Waals surface area contributed by atoms with Crippen molar-refractivity contribution in [3.8, 4) is 11.5 Å². The predicted molar refractivity (Wildman–Crippen MR) is 77.9 cm³/mol. The Bertz CT molecular complexity index is 547. The number of thiophene rings is 1. The summed E-state index contributed by atoms with van der Waals surface area (Å²) in [4.78, 5) is 0. The summed E-state index contributed by atoms with van der Waals surface area (Å²) < 4.78 is 11.6. The van der Waals surface area contributed by atoms with E-state index in [0.717, 1.165) is 27.1 Å². The van der Waals surface area contributed by atoms with Crippen molar-refractivity contribution < 1.29 is 9.47 Å². The Labute approximate surface area is 123 Å². The standard InChI is InChI=1S/C12H10BrNO2S.ClH/c13-9-4-11-10(15-6-16-11)3-8(9)12(14)7-1-2-17-5-7;/h1-5,12H,6,14H2;1H/t12-;/m1./s1. The Balaban J connectivity index is 0.00000120. The van der Waals surface area contributed by atoms with Gasteiger partial charge in [-0.25, -0.2) is 0 Å². The first-order chi connectivity index (χ1) is 8.25. The SMILES string of the molecule is Cl.N[C@H](c1ccsc1)c1cc2c(cc1Br)OCO2. The number of hydrogen-bond acceptors (Lipinski definition) is 4. The maximum Gasteiger partial charge on any atom is 0.231 e. The fourth-order valence-corrected chi connectivity index (χ4v) is 3.07. The van der Waals surface area contributed by atoms with Crippen LogP contribution in [0.25, 0.3) is 0 Å². The van der Waals surface area contributed by atoms with E-state index in [4.69, 9.17) is 15.2 Å². The smallest absolute Gasteiger partial charge is 0.231 e. The molecule has 1 aliphatic rings. The highest BCUT2D eigenvalue weighted by atomic mass is 79.9. The van der Waals surface area contributed by atoms with Crippen molar-refractivity contribution in [1.29, 1.82) is 0 Å². The van der Waals surface area contributed by atoms with Crippen LogP contribution in [0.4, 0.5) is 0 Å². The molecule has 3 nitrogen and oxygen atoms in total. The summed E-state index contributed by atoms with van der Waals surface area (Å²) in [6.45, 7) is 0.277. The minimum absolute atomic E-state index is 0. The molecule has 0 saturated carbocycles. The van der Waals surface area contributed by atoms with Crippen LogP contribution >= 0.6 is 39.7 Å². The van der Waals surface area contributed by atoms with Crippen molar-refractivity contribution >= 4 is 39.7 Å². The van der Waals surface area contributed by atoms with Gasteiger partial charge in [-0.3, -0.25) is 0 Å². The monoisotopic (exact) mass is 347 g/mol. The van der Waals surface area contributed by atoms with Crippen LogP contribution in [0.3, 0.4) is 0 Å². The lowest BCUT2D eigenvalue weighted by Crippen LogP contribution is -2.11. The van der Waals surface area contributed by atoms with Gasteiger partial charge in [0.1, 0.15) is 0 Å². The predicted octanol–water partition coefficient (Wildman–Crippen LogP) is 3.71. The van der Waals surface area contributed by atoms with E-state index in [1.807, 2.05) is 23.6 Å². The first-order valence-electron chi connectivity index (χ1n) is 5.12. The highest BCUT2D eigenvalue weighted by molar-refractivity contribution is 9.10. The first-order valence-corrected chi connectivity index (χ1v) is 6.86. The molecule has 2 N–H and O–H groups in total. The van der Waals surface area contributed by atoms with Crippen LogP contribution in [0, 0.1) is 0 Å². The Hall–Kier alpha value is -0.750. The van der Waals surface area contributed by atoms with Gasteiger partial charge in [0.25, 0.3) is 0 Å². The second kappa shape index (κ2) is 5.48. The zero-order valence-electron chi connectivity index (χ0n) is 9.26. The number of rotatable bonds is 2. The molecule has 0 radical (unpaired) electrons. The molecule has 0 unspecified atom stereocenters. The minimum Gasteiger partial charge on any atom is -0.454 e. The van der Waals surface area contributed by atoms with Crippen molar-refractivity contribution in [1.82, 2.24) is 0 Å². The fraction of sp³-hybridized carbons (Fsp3) is 0.167. The Morgan fingerprint density at radius 1 is 1.28 bits per heavy atom. The summed E-state index contributed by atoms with van der Waals surface area (Å²) >= 11 is 5.17. The van der Waals surface area contributed by atoms with E-state index in [2.05, 4.69) is 21.3 Å². The largest absolute Gasteiger partial charge is 0.454 e. The first kappa shape index (κ1) is 13.7. The second-order valence-corrected chi connectivity index (χ2v) is 5.40. The number of benzene rings is 1. The maximum atomic E-state index is 6.24. The summed E-state index contributed by atoms with van der Waals surface area (Å²) in [5, 5.41) is 4.08. The minimum atomic E-state index is -0.148. The molecule has 0 spiro atoms. The number of nitrogens with two attached hydrogens (primary N) is 1. The molecule has 2 heterocycles. The van der Waals surface area contributed by atoms with Crippen LogP contribution in [0.2, 0.25) is 0 Å². The van der Waals surface area contributed by atoms with Crippen molar-refractivity contribution in [3.05, 3.63) is 44.6 Å². The third-order valence-corrected chi connectivity index (χ3v) is 4.12. The van der Waals surface area contributed by atoms with Gasteiger partial charge in [-0.05, 0) is 40.1 Å². The highest BCUT2D eigenvalue weighted by Crippen LogP contribution is 2.39. The van der Waals surface area contributed by atoms with Gasteiger partial charge in [-0.2, -0.15) is 11.3 Å². The third-order valence-electron chi connectivity index (χ3n) is 2.73. The van der Waals surface area contributed by atoms with E-state index in [-0.39, 0.29) is 25.2 Å². The average Bonchev–Trinajstić information content (AvgIpc) is 2.97. The Morgan fingerprint density at radius 3 is 2.67 bits per heavy atom. The Morgan fingerprint density at radius 2 is 2.00 bits per heavy atom. The lowest BCUT2D eigenvalue weighted by atomic mass is 10.0. The van der Waals surface area contributed by atoms with Gasteiger partial charge in [-0.15, -0.1) is 12.4 Å². The molecule has 96 valence electrons. The van der Waals surface area contributed by atoms with Gasteiger partial charge in [0, 0.05) is 4.47 Å². The van der Waals surface area contributed by atoms with Gasteiger partial charge in [-0.1, -0.05) is 15.9 Å². The van der Waals surface area contributed by atoms with E-state index in [1.165, 1.54) is 0 Å².